The fraction of sp³-hybridized carbons (Fsp3) is 0.662. The Kier molecular flexibility index (Phi) is 30.7. The van der Waals surface area contributed by atoms with Gasteiger partial charge in [0.2, 0.25) is 70.9 Å². The molecule has 1 aliphatic carbocycles. The SMILES string of the molecule is CC[C@H](C)[C@@H]1NC(=O)[C@H](CC(C)C)N(C)C(=O)C[C@@H](C(=O)N2CCCCC2)N(C)C(=O)[C@H](CC(C)C)NC(=O)C(C)(C)N(C)C(=O)[C@H](Cc2ccc(F)cc2)NC(=O)[C@H](Cc2cccc(I)c2)NC(=O)CN(C)C(=O)[C@H](CC2CCCCC2)N(C)C(=O)CN(C)C(=O)CN(C)C1=O. The molecule has 2 aliphatic heterocycles. The van der Waals surface area contributed by atoms with Crippen LogP contribution in [-0.2, 0) is 70.4 Å². The first-order valence-corrected chi connectivity index (χ1v) is 35.4. The fourth-order valence-corrected chi connectivity index (χ4v) is 13.3. The predicted octanol–water partition coefficient (Wildman–Crippen LogP) is 4.77. The third-order valence-corrected chi connectivity index (χ3v) is 20.2. The third-order valence-electron chi connectivity index (χ3n) is 19.5. The van der Waals surface area contributed by atoms with Crippen molar-refractivity contribution in [1.82, 2.24) is 60.5 Å². The van der Waals surface area contributed by atoms with Crippen LogP contribution < -0.4 is 21.3 Å². The summed E-state index contributed by atoms with van der Waals surface area (Å²) < 4.78 is 15.3. The van der Waals surface area contributed by atoms with E-state index in [0.29, 0.717) is 43.5 Å². The van der Waals surface area contributed by atoms with E-state index in [1.165, 1.54) is 102 Å². The van der Waals surface area contributed by atoms with Crippen LogP contribution in [0.5, 0.6) is 0 Å². The van der Waals surface area contributed by atoms with Crippen molar-refractivity contribution in [2.24, 2.45) is 23.7 Å². The van der Waals surface area contributed by atoms with E-state index in [1.54, 1.807) is 24.0 Å². The monoisotopic (exact) mass is 1470 g/mol. The topological polar surface area (TPSA) is 279 Å². The number of likely N-dealkylation sites (N-methyl/N-ethyl adjacent to an activating group) is 7. The Morgan fingerprint density at radius 3 is 1.75 bits per heavy atom. The molecule has 97 heavy (non-hydrogen) atoms. The summed E-state index contributed by atoms with van der Waals surface area (Å²) in [7, 11) is 9.86. The van der Waals surface area contributed by atoms with E-state index in [0.717, 1.165) is 61.7 Å². The van der Waals surface area contributed by atoms with Crippen molar-refractivity contribution in [3.05, 3.63) is 69.0 Å². The maximum absolute atomic E-state index is 15.2. The van der Waals surface area contributed by atoms with Gasteiger partial charge in [-0.1, -0.05) is 104 Å². The molecule has 0 radical (unpaired) electrons. The highest BCUT2D eigenvalue weighted by Crippen LogP contribution is 2.30. The number of carbonyl (C=O) groups is 12. The molecule has 0 aromatic heterocycles. The predicted molar refractivity (Wildman–Crippen MR) is 375 cm³/mol. The zero-order chi connectivity index (χ0) is 72.3. The summed E-state index contributed by atoms with van der Waals surface area (Å²) in [4.78, 5) is 187. The molecule has 3 fully saturated rings. The van der Waals surface area contributed by atoms with Crippen molar-refractivity contribution in [1.29, 1.82) is 0 Å². The zero-order valence-corrected chi connectivity index (χ0v) is 62.0. The van der Waals surface area contributed by atoms with Crippen LogP contribution in [0.3, 0.4) is 0 Å². The van der Waals surface area contributed by atoms with Crippen LogP contribution in [0.1, 0.15) is 150 Å². The number of piperidine rings is 1. The quantitative estimate of drug-likeness (QED) is 0.198. The molecule has 4 N–H and O–H groups in total. The molecule has 538 valence electrons. The van der Waals surface area contributed by atoms with Crippen LogP contribution >= 0.6 is 22.6 Å². The van der Waals surface area contributed by atoms with Gasteiger partial charge in [-0.2, -0.15) is 0 Å². The molecule has 0 spiro atoms. The summed E-state index contributed by atoms with van der Waals surface area (Å²) in [6, 6.07) is 3.43. The zero-order valence-electron chi connectivity index (χ0n) is 59.8. The summed E-state index contributed by atoms with van der Waals surface area (Å²) in [5.74, 6) is -9.53. The van der Waals surface area contributed by atoms with Crippen molar-refractivity contribution in [2.75, 3.05) is 82.1 Å². The molecule has 3 aliphatic rings. The van der Waals surface area contributed by atoms with Crippen molar-refractivity contribution in [3.63, 3.8) is 0 Å². The van der Waals surface area contributed by atoms with Gasteiger partial charge in [0.05, 0.1) is 26.1 Å². The van der Waals surface area contributed by atoms with E-state index in [4.69, 9.17) is 0 Å². The van der Waals surface area contributed by atoms with E-state index in [9.17, 15) is 47.5 Å². The molecule has 8 atom stereocenters. The van der Waals surface area contributed by atoms with Gasteiger partial charge < -0.3 is 60.5 Å². The molecule has 2 saturated heterocycles. The summed E-state index contributed by atoms with van der Waals surface area (Å²) >= 11 is 2.12. The van der Waals surface area contributed by atoms with Crippen LogP contribution in [0, 0.1) is 33.1 Å². The highest BCUT2D eigenvalue weighted by molar-refractivity contribution is 14.1. The van der Waals surface area contributed by atoms with Gasteiger partial charge in [-0.25, -0.2) is 4.39 Å². The molecule has 5 rings (SSSR count). The summed E-state index contributed by atoms with van der Waals surface area (Å²) in [5, 5.41) is 11.4. The molecule has 0 bridgehead atoms. The molecule has 2 aromatic carbocycles. The van der Waals surface area contributed by atoms with Crippen LogP contribution in [0.15, 0.2) is 48.5 Å². The molecule has 26 heteroatoms. The Morgan fingerprint density at radius 1 is 0.577 bits per heavy atom. The molecular weight excluding hydrogens is 1360 g/mol. The van der Waals surface area contributed by atoms with Gasteiger partial charge in [0.15, 0.2) is 0 Å². The smallest absolute Gasteiger partial charge is 0.246 e. The highest BCUT2D eigenvalue weighted by atomic mass is 127. The number of likely N-dealkylation sites (tertiary alicyclic amines) is 1. The van der Waals surface area contributed by atoms with Crippen LogP contribution in [-0.4, -0.2) is 240 Å². The van der Waals surface area contributed by atoms with E-state index in [-0.39, 0.29) is 49.9 Å². The lowest BCUT2D eigenvalue weighted by atomic mass is 9.84. The lowest BCUT2D eigenvalue weighted by Crippen LogP contribution is -2.64. The fourth-order valence-electron chi connectivity index (χ4n) is 12.7. The lowest BCUT2D eigenvalue weighted by Gasteiger charge is -2.39. The van der Waals surface area contributed by atoms with E-state index < -0.39 is 157 Å². The van der Waals surface area contributed by atoms with Crippen molar-refractivity contribution >= 4 is 93.5 Å². The Labute approximate surface area is 587 Å². The average molecular weight is 1470 g/mol. The first kappa shape index (κ1) is 80.4. The summed E-state index contributed by atoms with van der Waals surface area (Å²) in [6.07, 6.45) is 6.67. The number of nitrogens with zero attached hydrogens (tertiary/aromatic N) is 8. The number of amides is 12. The van der Waals surface area contributed by atoms with Gasteiger partial charge in [-0.05, 0) is 134 Å². The number of halogens is 2. The van der Waals surface area contributed by atoms with Gasteiger partial charge in [-0.3, -0.25) is 57.5 Å². The van der Waals surface area contributed by atoms with Gasteiger partial charge in [0, 0.05) is 78.8 Å². The van der Waals surface area contributed by atoms with E-state index in [2.05, 4.69) is 43.9 Å². The Hall–Kier alpha value is -7.26. The van der Waals surface area contributed by atoms with Crippen molar-refractivity contribution in [3.8, 4) is 0 Å². The van der Waals surface area contributed by atoms with Crippen molar-refractivity contribution in [2.45, 2.75) is 200 Å². The number of hydrogen-bond acceptors (Lipinski definition) is 12. The van der Waals surface area contributed by atoms with Gasteiger partial charge in [0.25, 0.3) is 0 Å². The minimum absolute atomic E-state index is 0.0480. The third kappa shape index (κ3) is 22.9. The number of carbonyl (C=O) groups excluding carboxylic acids is 12. The molecule has 0 unspecified atom stereocenters. The summed E-state index contributed by atoms with van der Waals surface area (Å²) in [6.45, 7) is 13.1. The Morgan fingerprint density at radius 2 is 1.15 bits per heavy atom. The largest absolute Gasteiger partial charge is 0.342 e. The number of rotatable bonds is 13. The second kappa shape index (κ2) is 37.1. The number of hydrogen-bond donors (Lipinski definition) is 4. The molecule has 24 nitrogen and oxygen atoms in total. The Bertz CT molecular complexity index is 3100. The minimum atomic E-state index is -1.79. The normalized spacial score (nSPS) is 24.7. The van der Waals surface area contributed by atoms with Gasteiger partial charge in [-0.15, -0.1) is 0 Å². The second-order valence-electron chi connectivity index (χ2n) is 28.4. The maximum Gasteiger partial charge on any atom is 0.246 e. The van der Waals surface area contributed by atoms with Crippen LogP contribution in [0.2, 0.25) is 0 Å². The first-order valence-electron chi connectivity index (χ1n) is 34.3. The lowest BCUT2D eigenvalue weighted by molar-refractivity contribution is -0.152. The molecule has 2 heterocycles. The molecule has 2 aromatic rings. The number of benzene rings is 2. The van der Waals surface area contributed by atoms with E-state index in [1.807, 2.05) is 46.8 Å². The maximum atomic E-state index is 15.2. The summed E-state index contributed by atoms with van der Waals surface area (Å²) in [5.41, 5.74) is -0.732. The molecule has 12 amide bonds. The van der Waals surface area contributed by atoms with E-state index >= 15 is 14.4 Å². The molecular formula is C71H108FIN12O12. The number of nitrogens with one attached hydrogen (secondary N) is 4. The Balaban J connectivity index is 1.63. The van der Waals surface area contributed by atoms with Gasteiger partial charge in [0.1, 0.15) is 53.6 Å². The van der Waals surface area contributed by atoms with Crippen LogP contribution in [0.25, 0.3) is 0 Å². The highest BCUT2D eigenvalue weighted by Gasteiger charge is 2.44. The average Bonchev–Trinajstić information content (AvgIpc) is 0.820. The molecule has 1 saturated carbocycles. The van der Waals surface area contributed by atoms with Crippen LogP contribution in [0.4, 0.5) is 4.39 Å². The van der Waals surface area contributed by atoms with Gasteiger partial charge >= 0.3 is 0 Å². The van der Waals surface area contributed by atoms with Crippen molar-refractivity contribution < 1.29 is 61.9 Å². The first-order chi connectivity index (χ1) is 45.6. The minimum Gasteiger partial charge on any atom is -0.342 e. The second-order valence-corrected chi connectivity index (χ2v) is 29.7. The standard InChI is InChI=1S/C71H108FIN12O12/c1-16-46(6)62-69(96)80(11)42-60(88)78(9)43-61(89)82(13)56(39-47-24-19-17-20-25-47)67(94)79(10)41-58(86)74-52(38-49-26-23-27-51(73)36-49)63(90)75-54(37-48-28-30-50(72)31-29-48)66(93)84(15)71(7,8)70(97)76-53(34-44(2)3)65(92)83(14)57(68(95)85-32-21-18-22-33-85)40-59(87)81(12)55(35-45(4)5)64(91)77-62/h23,26-31,36,44-47,52-57,62H,16-22,24-25,32-35,37-43H2,1-15H3,(H,74,86)(H,75,90)(H,76,97)(H,77,91)/t46-,52-,53-,54-,55-,56-,57-,62-/m0/s1.